The van der Waals surface area contributed by atoms with E-state index in [-0.39, 0.29) is 5.91 Å². The number of nitrogens with zero attached hydrogens (tertiary/aromatic N) is 2. The van der Waals surface area contributed by atoms with Crippen molar-refractivity contribution in [1.82, 2.24) is 10.1 Å². The van der Waals surface area contributed by atoms with Crippen molar-refractivity contribution in [3.8, 4) is 22.8 Å². The van der Waals surface area contributed by atoms with Gasteiger partial charge in [0.1, 0.15) is 17.0 Å². The Morgan fingerprint density at radius 2 is 1.69 bits per heavy atom. The van der Waals surface area contributed by atoms with Gasteiger partial charge in [-0.2, -0.15) is 0 Å². The number of fused-ring (bicyclic) bond motifs is 1. The summed E-state index contributed by atoms with van der Waals surface area (Å²) in [6.45, 7) is 2.26. The molecule has 1 aliphatic rings. The van der Waals surface area contributed by atoms with Crippen molar-refractivity contribution in [3.63, 3.8) is 0 Å². The number of rotatable bonds is 5. The third-order valence-electron chi connectivity index (χ3n) is 6.46. The summed E-state index contributed by atoms with van der Waals surface area (Å²) in [5.74, 6) is 1.58. The summed E-state index contributed by atoms with van der Waals surface area (Å²) in [5, 5.41) is 4.81. The Labute approximate surface area is 209 Å². The summed E-state index contributed by atoms with van der Waals surface area (Å²) in [6, 6.07) is 20.7. The number of hydrogen-bond acceptors (Lipinski definition) is 5. The van der Waals surface area contributed by atoms with Crippen LogP contribution in [0.15, 0.2) is 71.3 Å². The Kier molecular flexibility index (Phi) is 6.22. The molecule has 2 heterocycles. The number of hydrogen-bond donors (Lipinski definition) is 0. The minimum atomic E-state index is -0.419. The fourth-order valence-electron chi connectivity index (χ4n) is 4.76. The molecular weight excluding hydrogens is 464 g/mol. The number of benzene rings is 3. The van der Waals surface area contributed by atoms with E-state index in [1.165, 1.54) is 0 Å². The maximum atomic E-state index is 14.2. The quantitative estimate of drug-likeness (QED) is 0.339. The Morgan fingerprint density at radius 3 is 2.40 bits per heavy atom. The summed E-state index contributed by atoms with van der Waals surface area (Å²) in [4.78, 5) is 16.0. The monoisotopic (exact) mass is 488 g/mol. The highest BCUT2D eigenvalue weighted by Gasteiger charge is 2.37. The zero-order chi connectivity index (χ0) is 24.5. The van der Waals surface area contributed by atoms with Gasteiger partial charge in [-0.05, 0) is 48.2 Å². The smallest absolute Gasteiger partial charge is 0.260 e. The van der Waals surface area contributed by atoms with Gasteiger partial charge in [0.05, 0.1) is 20.3 Å². The molecule has 0 spiro atoms. The molecule has 0 fully saturated rings. The fraction of sp³-hybridized carbons (Fsp3) is 0.214. The molecule has 5 rings (SSSR count). The van der Waals surface area contributed by atoms with E-state index in [0.29, 0.717) is 46.5 Å². The molecule has 0 saturated carbocycles. The molecule has 1 atom stereocenters. The van der Waals surface area contributed by atoms with Crippen LogP contribution < -0.4 is 9.47 Å². The molecule has 6 nitrogen and oxygen atoms in total. The molecule has 3 aromatic carbocycles. The molecule has 4 aromatic rings. The molecule has 1 unspecified atom stereocenters. The highest BCUT2D eigenvalue weighted by molar-refractivity contribution is 6.31. The second-order valence-corrected chi connectivity index (χ2v) is 8.81. The van der Waals surface area contributed by atoms with Crippen molar-refractivity contribution < 1.29 is 18.8 Å². The van der Waals surface area contributed by atoms with E-state index in [1.807, 2.05) is 71.6 Å². The summed E-state index contributed by atoms with van der Waals surface area (Å²) < 4.78 is 16.6. The third kappa shape index (κ3) is 4.04. The van der Waals surface area contributed by atoms with Crippen molar-refractivity contribution in [2.45, 2.75) is 19.4 Å². The zero-order valence-electron chi connectivity index (χ0n) is 19.7. The second-order valence-electron chi connectivity index (χ2n) is 8.41. The first-order valence-electron chi connectivity index (χ1n) is 11.3. The van der Waals surface area contributed by atoms with Crippen LogP contribution >= 0.6 is 11.6 Å². The lowest BCUT2D eigenvalue weighted by Gasteiger charge is -2.38. The van der Waals surface area contributed by atoms with Crippen molar-refractivity contribution >= 4 is 17.5 Å². The van der Waals surface area contributed by atoms with Crippen molar-refractivity contribution in [2.75, 3.05) is 20.8 Å². The number of halogens is 1. The van der Waals surface area contributed by atoms with Crippen LogP contribution in [0.5, 0.6) is 11.5 Å². The van der Waals surface area contributed by atoms with Crippen LogP contribution in [-0.4, -0.2) is 36.7 Å². The molecule has 178 valence electrons. The van der Waals surface area contributed by atoms with Crippen LogP contribution in [0.4, 0.5) is 0 Å². The van der Waals surface area contributed by atoms with Crippen LogP contribution in [-0.2, 0) is 6.42 Å². The van der Waals surface area contributed by atoms with Crippen LogP contribution in [0.2, 0.25) is 5.02 Å². The van der Waals surface area contributed by atoms with Gasteiger partial charge in [0.15, 0.2) is 11.5 Å². The number of aryl methyl sites for hydroxylation is 1. The Hall–Kier alpha value is -3.77. The van der Waals surface area contributed by atoms with Crippen LogP contribution in [0.1, 0.15) is 38.9 Å². The normalized spacial score (nSPS) is 15.0. The first-order valence-corrected chi connectivity index (χ1v) is 11.7. The van der Waals surface area contributed by atoms with Gasteiger partial charge < -0.3 is 18.9 Å². The van der Waals surface area contributed by atoms with E-state index >= 15 is 0 Å². The first kappa shape index (κ1) is 23.0. The molecule has 35 heavy (non-hydrogen) atoms. The molecule has 7 heteroatoms. The topological polar surface area (TPSA) is 64.8 Å². The van der Waals surface area contributed by atoms with Gasteiger partial charge in [-0.1, -0.05) is 65.3 Å². The summed E-state index contributed by atoms with van der Waals surface area (Å²) in [6.07, 6.45) is 0.660. The van der Waals surface area contributed by atoms with Crippen LogP contribution in [0.25, 0.3) is 11.3 Å². The van der Waals surface area contributed by atoms with E-state index < -0.39 is 6.04 Å². The van der Waals surface area contributed by atoms with Gasteiger partial charge in [0.2, 0.25) is 0 Å². The Morgan fingerprint density at radius 1 is 1.00 bits per heavy atom. The predicted octanol–water partition coefficient (Wildman–Crippen LogP) is 6.11. The molecule has 0 radical (unpaired) electrons. The lowest BCUT2D eigenvalue weighted by atomic mass is 9.87. The molecule has 0 aliphatic carbocycles. The second kappa shape index (κ2) is 9.47. The first-order chi connectivity index (χ1) is 17.0. The van der Waals surface area contributed by atoms with Crippen LogP contribution in [0.3, 0.4) is 0 Å². The lowest BCUT2D eigenvalue weighted by molar-refractivity contribution is 0.0693. The molecule has 0 bridgehead atoms. The molecule has 0 saturated heterocycles. The minimum absolute atomic E-state index is 0.159. The van der Waals surface area contributed by atoms with Crippen LogP contribution in [0, 0.1) is 6.92 Å². The molecular formula is C28H25ClN2O4. The number of carbonyl (C=O) groups is 1. The van der Waals surface area contributed by atoms with E-state index in [2.05, 4.69) is 5.16 Å². The van der Waals surface area contributed by atoms with Crippen molar-refractivity contribution in [3.05, 3.63) is 99.8 Å². The Balaban J connectivity index is 1.67. The van der Waals surface area contributed by atoms with Gasteiger partial charge in [-0.15, -0.1) is 0 Å². The summed E-state index contributed by atoms with van der Waals surface area (Å²) >= 11 is 6.68. The number of carbonyl (C=O) groups excluding carboxylic acids is 1. The fourth-order valence-corrected chi connectivity index (χ4v) is 5.00. The van der Waals surface area contributed by atoms with Gasteiger partial charge in [-0.3, -0.25) is 4.79 Å². The molecule has 0 N–H and O–H groups in total. The molecule has 1 amide bonds. The maximum absolute atomic E-state index is 14.2. The van der Waals surface area contributed by atoms with Gasteiger partial charge in [0.25, 0.3) is 5.91 Å². The number of amides is 1. The van der Waals surface area contributed by atoms with E-state index in [9.17, 15) is 4.79 Å². The third-order valence-corrected chi connectivity index (χ3v) is 6.80. The average molecular weight is 489 g/mol. The minimum Gasteiger partial charge on any atom is -0.493 e. The molecule has 1 aromatic heterocycles. The van der Waals surface area contributed by atoms with Gasteiger partial charge >= 0.3 is 0 Å². The number of ether oxygens (including phenoxy) is 2. The highest BCUT2D eigenvalue weighted by atomic mass is 35.5. The van der Waals surface area contributed by atoms with Gasteiger partial charge in [0, 0.05) is 17.1 Å². The standard InChI is InChI=1S/C28H25ClN2O4/c1-17-25(26(30-35-17)18-9-5-4-6-10-18)28(32)31-14-13-19-15-23(33-2)24(34-3)16-21(19)27(31)20-11-7-8-12-22(20)29/h4-12,15-16,27H,13-14H2,1-3H3. The van der Waals surface area contributed by atoms with Crippen molar-refractivity contribution in [1.29, 1.82) is 0 Å². The maximum Gasteiger partial charge on any atom is 0.260 e. The lowest BCUT2D eigenvalue weighted by Crippen LogP contribution is -2.41. The number of aromatic nitrogens is 1. The Bertz CT molecular complexity index is 1380. The van der Waals surface area contributed by atoms with E-state index in [4.69, 9.17) is 25.6 Å². The van der Waals surface area contributed by atoms with Gasteiger partial charge in [-0.25, -0.2) is 0 Å². The van der Waals surface area contributed by atoms with Crippen molar-refractivity contribution in [2.24, 2.45) is 0 Å². The van der Waals surface area contributed by atoms with E-state index in [0.717, 1.165) is 22.3 Å². The number of methoxy groups -OCH3 is 2. The average Bonchev–Trinajstić information content (AvgIpc) is 3.28. The highest BCUT2D eigenvalue weighted by Crippen LogP contribution is 2.43. The molecule has 1 aliphatic heterocycles. The SMILES string of the molecule is COc1cc2c(cc1OC)C(c1ccccc1Cl)N(C(=O)c1c(-c3ccccc3)noc1C)CC2. The zero-order valence-corrected chi connectivity index (χ0v) is 20.5. The predicted molar refractivity (Wildman–Crippen MR) is 134 cm³/mol. The largest absolute Gasteiger partial charge is 0.493 e. The summed E-state index contributed by atoms with van der Waals surface area (Å²) in [5.41, 5.74) is 4.69. The van der Waals surface area contributed by atoms with E-state index in [1.54, 1.807) is 21.1 Å². The summed E-state index contributed by atoms with van der Waals surface area (Å²) in [7, 11) is 3.22.